The second-order valence-corrected chi connectivity index (χ2v) is 5.30. The van der Waals surface area contributed by atoms with Gasteiger partial charge in [-0.2, -0.15) is 0 Å². The summed E-state index contributed by atoms with van der Waals surface area (Å²) in [7, 11) is 0. The van der Waals surface area contributed by atoms with Crippen molar-refractivity contribution in [2.75, 3.05) is 13.2 Å². The SMILES string of the molecule is CCCCCCCCCCC1OCCN1C(C)=O. The fraction of sp³-hybridized carbons (Fsp3) is 0.933. The third-order valence-electron chi connectivity index (χ3n) is 3.70. The maximum absolute atomic E-state index is 11.3. The number of nitrogens with zero attached hydrogens (tertiary/aromatic N) is 1. The lowest BCUT2D eigenvalue weighted by atomic mass is 10.1. The van der Waals surface area contributed by atoms with Gasteiger partial charge >= 0.3 is 0 Å². The Morgan fingerprint density at radius 2 is 1.72 bits per heavy atom. The molecule has 0 N–H and O–H groups in total. The summed E-state index contributed by atoms with van der Waals surface area (Å²) in [6.45, 7) is 5.37. The van der Waals surface area contributed by atoms with Crippen molar-refractivity contribution >= 4 is 5.91 Å². The van der Waals surface area contributed by atoms with E-state index in [2.05, 4.69) is 6.92 Å². The van der Waals surface area contributed by atoms with Crippen LogP contribution in [0.1, 0.15) is 71.6 Å². The average Bonchev–Trinajstić information content (AvgIpc) is 2.81. The molecule has 3 nitrogen and oxygen atoms in total. The maximum Gasteiger partial charge on any atom is 0.221 e. The van der Waals surface area contributed by atoms with E-state index in [1.54, 1.807) is 6.92 Å². The molecule has 1 aliphatic heterocycles. The van der Waals surface area contributed by atoms with E-state index in [0.29, 0.717) is 6.61 Å². The zero-order chi connectivity index (χ0) is 13.2. The molecule has 1 atom stereocenters. The van der Waals surface area contributed by atoms with Crippen LogP contribution in [-0.4, -0.2) is 30.2 Å². The number of hydrogen-bond donors (Lipinski definition) is 0. The van der Waals surface area contributed by atoms with Crippen molar-refractivity contribution in [1.29, 1.82) is 0 Å². The number of carbonyl (C=O) groups is 1. The van der Waals surface area contributed by atoms with Gasteiger partial charge in [-0.1, -0.05) is 51.9 Å². The molecule has 1 fully saturated rings. The summed E-state index contributed by atoms with van der Waals surface area (Å²) >= 11 is 0. The van der Waals surface area contributed by atoms with E-state index < -0.39 is 0 Å². The van der Waals surface area contributed by atoms with Crippen LogP contribution < -0.4 is 0 Å². The van der Waals surface area contributed by atoms with Gasteiger partial charge in [-0.05, 0) is 12.8 Å². The van der Waals surface area contributed by atoms with Gasteiger partial charge in [0, 0.05) is 13.5 Å². The summed E-state index contributed by atoms with van der Waals surface area (Å²) in [5.74, 6) is 0.150. The molecule has 1 heterocycles. The number of carbonyl (C=O) groups excluding carboxylic acids is 1. The van der Waals surface area contributed by atoms with Crippen molar-refractivity contribution in [2.45, 2.75) is 77.9 Å². The Morgan fingerprint density at radius 3 is 2.33 bits per heavy atom. The molecule has 0 spiro atoms. The molecule has 0 saturated carbocycles. The predicted molar refractivity (Wildman–Crippen MR) is 74.4 cm³/mol. The molecule has 0 aliphatic carbocycles. The highest BCUT2D eigenvalue weighted by atomic mass is 16.5. The van der Waals surface area contributed by atoms with Crippen molar-refractivity contribution in [2.24, 2.45) is 0 Å². The molecular weight excluding hydrogens is 226 g/mol. The van der Waals surface area contributed by atoms with E-state index in [0.717, 1.165) is 13.0 Å². The summed E-state index contributed by atoms with van der Waals surface area (Å²) in [5, 5.41) is 0. The fourth-order valence-electron chi connectivity index (χ4n) is 2.57. The molecule has 0 aromatic rings. The molecule has 1 amide bonds. The van der Waals surface area contributed by atoms with Gasteiger partial charge in [0.1, 0.15) is 6.23 Å². The van der Waals surface area contributed by atoms with Crippen LogP contribution in [0.15, 0.2) is 0 Å². The van der Waals surface area contributed by atoms with E-state index in [1.807, 2.05) is 4.90 Å². The smallest absolute Gasteiger partial charge is 0.221 e. The van der Waals surface area contributed by atoms with E-state index in [-0.39, 0.29) is 12.1 Å². The lowest BCUT2D eigenvalue weighted by Gasteiger charge is -2.21. The van der Waals surface area contributed by atoms with Crippen molar-refractivity contribution in [3.05, 3.63) is 0 Å². The maximum atomic E-state index is 11.3. The monoisotopic (exact) mass is 255 g/mol. The Hall–Kier alpha value is -0.570. The first-order chi connectivity index (χ1) is 8.75. The number of unbranched alkanes of at least 4 members (excludes halogenated alkanes) is 7. The Bertz CT molecular complexity index is 231. The Morgan fingerprint density at radius 1 is 1.11 bits per heavy atom. The lowest BCUT2D eigenvalue weighted by Crippen LogP contribution is -2.34. The van der Waals surface area contributed by atoms with Gasteiger partial charge < -0.3 is 9.64 Å². The van der Waals surface area contributed by atoms with Crippen LogP contribution >= 0.6 is 0 Å². The molecule has 18 heavy (non-hydrogen) atoms. The number of ether oxygens (including phenoxy) is 1. The molecule has 0 radical (unpaired) electrons. The Labute approximate surface area is 112 Å². The largest absolute Gasteiger partial charge is 0.356 e. The first-order valence-electron chi connectivity index (χ1n) is 7.64. The van der Waals surface area contributed by atoms with E-state index in [1.165, 1.54) is 51.4 Å². The van der Waals surface area contributed by atoms with Crippen LogP contribution in [0.3, 0.4) is 0 Å². The van der Waals surface area contributed by atoms with Crippen LogP contribution in [0.2, 0.25) is 0 Å². The quantitative estimate of drug-likeness (QED) is 0.588. The van der Waals surface area contributed by atoms with Gasteiger partial charge in [-0.15, -0.1) is 0 Å². The minimum absolute atomic E-state index is 0.0580. The summed E-state index contributed by atoms with van der Waals surface area (Å²) in [6, 6.07) is 0. The summed E-state index contributed by atoms with van der Waals surface area (Å²) in [5.41, 5.74) is 0. The molecule has 1 unspecified atom stereocenters. The molecule has 3 heteroatoms. The second kappa shape index (κ2) is 9.37. The standard InChI is InChI=1S/C15H29NO2/c1-3-4-5-6-7-8-9-10-11-15-16(14(2)17)12-13-18-15/h15H,3-13H2,1-2H3. The van der Waals surface area contributed by atoms with Crippen LogP contribution in [0.5, 0.6) is 0 Å². The summed E-state index contributed by atoms with van der Waals surface area (Å²) in [4.78, 5) is 13.2. The van der Waals surface area contributed by atoms with E-state index in [4.69, 9.17) is 4.74 Å². The Kier molecular flexibility index (Phi) is 8.06. The van der Waals surface area contributed by atoms with Gasteiger partial charge in [-0.25, -0.2) is 0 Å². The van der Waals surface area contributed by atoms with Gasteiger partial charge in [0.15, 0.2) is 0 Å². The van der Waals surface area contributed by atoms with Crippen molar-refractivity contribution in [3.8, 4) is 0 Å². The lowest BCUT2D eigenvalue weighted by molar-refractivity contribution is -0.133. The summed E-state index contributed by atoms with van der Waals surface area (Å²) in [6.07, 6.45) is 11.7. The highest BCUT2D eigenvalue weighted by molar-refractivity contribution is 5.73. The second-order valence-electron chi connectivity index (χ2n) is 5.30. The molecule has 0 bridgehead atoms. The van der Waals surface area contributed by atoms with Crippen LogP contribution in [-0.2, 0) is 9.53 Å². The highest BCUT2D eigenvalue weighted by Gasteiger charge is 2.26. The first kappa shape index (κ1) is 15.5. The minimum Gasteiger partial charge on any atom is -0.356 e. The number of hydrogen-bond acceptors (Lipinski definition) is 2. The highest BCUT2D eigenvalue weighted by Crippen LogP contribution is 2.17. The topological polar surface area (TPSA) is 29.5 Å². The van der Waals surface area contributed by atoms with Crippen LogP contribution in [0.25, 0.3) is 0 Å². The van der Waals surface area contributed by atoms with Crippen molar-refractivity contribution < 1.29 is 9.53 Å². The first-order valence-corrected chi connectivity index (χ1v) is 7.64. The number of rotatable bonds is 9. The molecule has 1 saturated heterocycles. The minimum atomic E-state index is 0.0580. The zero-order valence-corrected chi connectivity index (χ0v) is 12.1. The van der Waals surface area contributed by atoms with E-state index >= 15 is 0 Å². The third-order valence-corrected chi connectivity index (χ3v) is 3.70. The number of amides is 1. The third kappa shape index (κ3) is 5.85. The molecular formula is C15H29NO2. The average molecular weight is 255 g/mol. The normalized spacial score (nSPS) is 19.4. The summed E-state index contributed by atoms with van der Waals surface area (Å²) < 4.78 is 5.59. The van der Waals surface area contributed by atoms with Crippen LogP contribution in [0, 0.1) is 0 Å². The fourth-order valence-corrected chi connectivity index (χ4v) is 2.57. The van der Waals surface area contributed by atoms with E-state index in [9.17, 15) is 4.79 Å². The molecule has 0 aromatic heterocycles. The van der Waals surface area contributed by atoms with Gasteiger partial charge in [-0.3, -0.25) is 4.79 Å². The molecule has 106 valence electrons. The van der Waals surface area contributed by atoms with Gasteiger partial charge in [0.2, 0.25) is 5.91 Å². The van der Waals surface area contributed by atoms with Gasteiger partial charge in [0.05, 0.1) is 6.61 Å². The molecule has 1 rings (SSSR count). The zero-order valence-electron chi connectivity index (χ0n) is 12.1. The van der Waals surface area contributed by atoms with Crippen molar-refractivity contribution in [3.63, 3.8) is 0 Å². The Balaban J connectivity index is 1.96. The van der Waals surface area contributed by atoms with Crippen LogP contribution in [0.4, 0.5) is 0 Å². The molecule has 1 aliphatic rings. The molecule has 0 aromatic carbocycles. The predicted octanol–water partition coefficient (Wildman–Crippen LogP) is 3.72. The van der Waals surface area contributed by atoms with Gasteiger partial charge in [0.25, 0.3) is 0 Å². The van der Waals surface area contributed by atoms with Crippen molar-refractivity contribution in [1.82, 2.24) is 4.90 Å².